The van der Waals surface area contributed by atoms with Crippen LogP contribution in [0.1, 0.15) is 54.6 Å². The molecule has 0 unspecified atom stereocenters. The molecule has 1 amide bonds. The van der Waals surface area contributed by atoms with Gasteiger partial charge in [-0.15, -0.1) is 0 Å². The van der Waals surface area contributed by atoms with E-state index in [2.05, 4.69) is 5.32 Å². The normalized spacial score (nSPS) is 15.7. The molecule has 1 N–H and O–H groups in total. The van der Waals surface area contributed by atoms with E-state index in [0.717, 1.165) is 42.1 Å². The van der Waals surface area contributed by atoms with E-state index in [4.69, 9.17) is 0 Å². The summed E-state index contributed by atoms with van der Waals surface area (Å²) in [7, 11) is -0.515. The number of nitrogens with zero attached hydrogens (tertiary/aromatic N) is 2. The molecule has 0 aliphatic heterocycles. The Balaban J connectivity index is 1.74. The second-order valence-corrected chi connectivity index (χ2v) is 10.9. The first kappa shape index (κ1) is 22.6. The van der Waals surface area contributed by atoms with Crippen LogP contribution in [0.4, 0.5) is 0 Å². The molecule has 7 heteroatoms. The highest BCUT2D eigenvalue weighted by molar-refractivity contribution is 7.89. The van der Waals surface area contributed by atoms with Crippen LogP contribution in [0, 0.1) is 0 Å². The minimum absolute atomic E-state index is 0.0963. The van der Waals surface area contributed by atoms with E-state index >= 15 is 0 Å². The second kappa shape index (κ2) is 9.46. The standard InChI is InChI=1S/C25H31N3O3S/c1-27(2)32(30,31)22-14-15-23-20(16-22)17-24(28(23)18-19-10-6-5-7-11-19)25(29)26-21-12-8-3-4-9-13-21/h5-7,10-11,14-17,21H,3-4,8-9,12-13,18H2,1-2H3,(H,26,29). The van der Waals surface area contributed by atoms with Crippen molar-refractivity contribution in [3.05, 3.63) is 65.9 Å². The summed E-state index contributed by atoms with van der Waals surface area (Å²) in [5.74, 6) is -0.0963. The van der Waals surface area contributed by atoms with Gasteiger partial charge in [0.15, 0.2) is 0 Å². The van der Waals surface area contributed by atoms with Crippen molar-refractivity contribution in [2.45, 2.75) is 56.0 Å². The van der Waals surface area contributed by atoms with Crippen LogP contribution >= 0.6 is 0 Å². The summed E-state index contributed by atoms with van der Waals surface area (Å²) >= 11 is 0. The maximum Gasteiger partial charge on any atom is 0.268 e. The molecular weight excluding hydrogens is 422 g/mol. The zero-order chi connectivity index (χ0) is 22.7. The molecule has 1 saturated carbocycles. The first-order valence-electron chi connectivity index (χ1n) is 11.3. The Morgan fingerprint density at radius 2 is 1.69 bits per heavy atom. The summed E-state index contributed by atoms with van der Waals surface area (Å²) in [5.41, 5.74) is 2.49. The monoisotopic (exact) mass is 453 g/mol. The van der Waals surface area contributed by atoms with Crippen molar-refractivity contribution in [3.8, 4) is 0 Å². The van der Waals surface area contributed by atoms with Gasteiger partial charge in [0.25, 0.3) is 5.91 Å². The van der Waals surface area contributed by atoms with Crippen LogP contribution in [-0.2, 0) is 16.6 Å². The third-order valence-corrected chi connectivity index (χ3v) is 8.07. The predicted molar refractivity (Wildman–Crippen MR) is 127 cm³/mol. The molecule has 3 aromatic rings. The lowest BCUT2D eigenvalue weighted by molar-refractivity contribution is 0.0925. The van der Waals surface area contributed by atoms with Gasteiger partial charge in [-0.25, -0.2) is 12.7 Å². The van der Waals surface area contributed by atoms with Gasteiger partial charge in [0.05, 0.1) is 4.90 Å². The van der Waals surface area contributed by atoms with E-state index in [1.54, 1.807) is 18.2 Å². The number of nitrogens with one attached hydrogen (secondary N) is 1. The molecule has 1 aliphatic rings. The third-order valence-electron chi connectivity index (χ3n) is 6.26. The largest absolute Gasteiger partial charge is 0.348 e. The van der Waals surface area contributed by atoms with Crippen LogP contribution in [0.25, 0.3) is 10.9 Å². The summed E-state index contributed by atoms with van der Waals surface area (Å²) in [6, 6.07) is 17.1. The molecule has 0 spiro atoms. The predicted octanol–water partition coefficient (Wildman–Crippen LogP) is 4.39. The highest BCUT2D eigenvalue weighted by Gasteiger charge is 2.23. The minimum Gasteiger partial charge on any atom is -0.348 e. The molecule has 0 saturated heterocycles. The number of benzene rings is 2. The fourth-order valence-corrected chi connectivity index (χ4v) is 5.37. The first-order chi connectivity index (χ1) is 15.4. The first-order valence-corrected chi connectivity index (χ1v) is 12.7. The molecule has 1 aromatic heterocycles. The third kappa shape index (κ3) is 4.74. The number of aromatic nitrogens is 1. The molecule has 0 bridgehead atoms. The number of sulfonamides is 1. The van der Waals surface area contributed by atoms with Crippen molar-refractivity contribution >= 4 is 26.8 Å². The number of fused-ring (bicyclic) bond motifs is 1. The van der Waals surface area contributed by atoms with E-state index in [1.807, 2.05) is 41.0 Å². The fourth-order valence-electron chi connectivity index (χ4n) is 4.43. The Morgan fingerprint density at radius 1 is 1.00 bits per heavy atom. The lowest BCUT2D eigenvalue weighted by Crippen LogP contribution is -2.35. The molecule has 6 nitrogen and oxygen atoms in total. The Bertz CT molecular complexity index is 1190. The average Bonchev–Trinajstić information content (AvgIpc) is 2.94. The number of hydrogen-bond donors (Lipinski definition) is 1. The van der Waals surface area contributed by atoms with Crippen LogP contribution in [0.2, 0.25) is 0 Å². The van der Waals surface area contributed by atoms with Gasteiger partial charge in [-0.2, -0.15) is 0 Å². The van der Waals surface area contributed by atoms with Gasteiger partial charge in [-0.3, -0.25) is 4.79 Å². The summed E-state index contributed by atoms with van der Waals surface area (Å²) in [5, 5.41) is 3.98. The molecule has 4 rings (SSSR count). The van der Waals surface area contributed by atoms with Gasteiger partial charge in [0, 0.05) is 37.6 Å². The van der Waals surface area contributed by atoms with Crippen molar-refractivity contribution in [3.63, 3.8) is 0 Å². The fraction of sp³-hybridized carbons (Fsp3) is 0.400. The van der Waals surface area contributed by atoms with Crippen LogP contribution < -0.4 is 5.32 Å². The minimum atomic E-state index is -3.55. The number of hydrogen-bond acceptors (Lipinski definition) is 3. The molecule has 2 aromatic carbocycles. The number of amides is 1. The molecule has 0 radical (unpaired) electrons. The lowest BCUT2D eigenvalue weighted by atomic mass is 10.1. The van der Waals surface area contributed by atoms with Crippen molar-refractivity contribution in [1.82, 2.24) is 14.2 Å². The molecule has 32 heavy (non-hydrogen) atoms. The van der Waals surface area contributed by atoms with E-state index in [0.29, 0.717) is 12.2 Å². The zero-order valence-electron chi connectivity index (χ0n) is 18.8. The summed E-state index contributed by atoms with van der Waals surface area (Å²) in [6.07, 6.45) is 6.76. The van der Waals surface area contributed by atoms with Gasteiger partial charge in [-0.05, 0) is 42.7 Å². The van der Waals surface area contributed by atoms with Crippen LogP contribution in [0.5, 0.6) is 0 Å². The van der Waals surface area contributed by atoms with Gasteiger partial charge in [0.2, 0.25) is 10.0 Å². The van der Waals surface area contributed by atoms with E-state index in [9.17, 15) is 13.2 Å². The van der Waals surface area contributed by atoms with Gasteiger partial charge < -0.3 is 9.88 Å². The molecule has 1 fully saturated rings. The van der Waals surface area contributed by atoms with Crippen LogP contribution in [0.15, 0.2) is 59.5 Å². The van der Waals surface area contributed by atoms with Gasteiger partial charge >= 0.3 is 0 Å². The molecule has 170 valence electrons. The Labute approximate surface area is 190 Å². The molecule has 1 heterocycles. The lowest BCUT2D eigenvalue weighted by Gasteiger charge is -2.17. The van der Waals surface area contributed by atoms with Crippen molar-refractivity contribution < 1.29 is 13.2 Å². The van der Waals surface area contributed by atoms with Crippen LogP contribution in [-0.4, -0.2) is 43.3 Å². The zero-order valence-corrected chi connectivity index (χ0v) is 19.6. The van der Waals surface area contributed by atoms with E-state index < -0.39 is 10.0 Å². The van der Waals surface area contributed by atoms with E-state index in [-0.39, 0.29) is 16.8 Å². The Hall–Kier alpha value is -2.64. The second-order valence-electron chi connectivity index (χ2n) is 8.77. The highest BCUT2D eigenvalue weighted by Crippen LogP contribution is 2.26. The Kier molecular flexibility index (Phi) is 6.67. The van der Waals surface area contributed by atoms with Gasteiger partial charge in [0.1, 0.15) is 5.69 Å². The molecule has 0 atom stereocenters. The maximum absolute atomic E-state index is 13.3. The summed E-state index contributed by atoms with van der Waals surface area (Å²) in [4.78, 5) is 13.6. The Morgan fingerprint density at radius 3 is 2.34 bits per heavy atom. The van der Waals surface area contributed by atoms with E-state index in [1.165, 1.54) is 31.2 Å². The molecular formula is C25H31N3O3S. The smallest absolute Gasteiger partial charge is 0.268 e. The van der Waals surface area contributed by atoms with Crippen LogP contribution in [0.3, 0.4) is 0 Å². The van der Waals surface area contributed by atoms with Crippen molar-refractivity contribution in [2.75, 3.05) is 14.1 Å². The van der Waals surface area contributed by atoms with Crippen molar-refractivity contribution in [1.29, 1.82) is 0 Å². The van der Waals surface area contributed by atoms with Crippen molar-refractivity contribution in [2.24, 2.45) is 0 Å². The molecule has 1 aliphatic carbocycles. The number of carbonyl (C=O) groups is 1. The maximum atomic E-state index is 13.3. The highest BCUT2D eigenvalue weighted by atomic mass is 32.2. The quantitative estimate of drug-likeness (QED) is 0.563. The summed E-state index contributed by atoms with van der Waals surface area (Å²) < 4.78 is 28.4. The summed E-state index contributed by atoms with van der Waals surface area (Å²) in [6.45, 7) is 0.539. The average molecular weight is 454 g/mol. The topological polar surface area (TPSA) is 71.4 Å². The number of carbonyl (C=O) groups excluding carboxylic acids is 1. The van der Waals surface area contributed by atoms with Gasteiger partial charge in [-0.1, -0.05) is 56.0 Å². The SMILES string of the molecule is CN(C)S(=O)(=O)c1ccc2c(c1)cc(C(=O)NC1CCCCCC1)n2Cc1ccccc1. The number of rotatable bonds is 6.